The van der Waals surface area contributed by atoms with Crippen molar-refractivity contribution in [1.29, 1.82) is 0 Å². The van der Waals surface area contributed by atoms with Crippen molar-refractivity contribution in [3.8, 4) is 0 Å². The molecular weight excluding hydrogens is 167 g/mol. The van der Waals surface area contributed by atoms with Gasteiger partial charge in [0, 0.05) is 5.69 Å². The molecule has 5 N–H and O–H groups in total. The fourth-order valence-electron chi connectivity index (χ4n) is 0.695. The van der Waals surface area contributed by atoms with Crippen molar-refractivity contribution in [3.63, 3.8) is 0 Å². The smallest absolute Gasteiger partial charge is 0.222 e. The van der Waals surface area contributed by atoms with Crippen molar-refractivity contribution in [3.05, 3.63) is 18.0 Å². The van der Waals surface area contributed by atoms with E-state index < -0.39 is 0 Å². The Morgan fingerprint density at radius 1 is 1.69 bits per heavy atom. The summed E-state index contributed by atoms with van der Waals surface area (Å²) in [6.45, 7) is 1.86. The molecule has 68 valence electrons. The van der Waals surface area contributed by atoms with Crippen LogP contribution in [-0.4, -0.2) is 19.4 Å². The second-order valence-corrected chi connectivity index (χ2v) is 2.18. The SMILES string of the molecule is NC=O.[B]Nc1cc(N)cnc1C. The van der Waals surface area contributed by atoms with Crippen LogP contribution >= 0.6 is 0 Å². The summed E-state index contributed by atoms with van der Waals surface area (Å²) in [5.41, 5.74) is 11.8. The molecule has 2 radical (unpaired) electrons. The number of primary amides is 1. The Balaban J connectivity index is 0.000000424. The first-order valence-electron chi connectivity index (χ1n) is 3.49. The molecule has 0 saturated carbocycles. The van der Waals surface area contributed by atoms with E-state index in [2.05, 4.69) is 15.9 Å². The van der Waals surface area contributed by atoms with Crippen LogP contribution in [0.25, 0.3) is 0 Å². The number of anilines is 2. The zero-order valence-electron chi connectivity index (χ0n) is 7.32. The fraction of sp³-hybridized carbons (Fsp3) is 0.143. The summed E-state index contributed by atoms with van der Waals surface area (Å²) in [6.07, 6.45) is 1.84. The minimum absolute atomic E-state index is 0.250. The van der Waals surface area contributed by atoms with Gasteiger partial charge >= 0.3 is 0 Å². The first-order chi connectivity index (χ1) is 6.15. The molecule has 1 rings (SSSR count). The first kappa shape index (κ1) is 11.3. The Labute approximate surface area is 78.0 Å². The lowest BCUT2D eigenvalue weighted by molar-refractivity contribution is -0.106. The predicted molar refractivity (Wildman–Crippen MR) is 53.0 cm³/mol. The summed E-state index contributed by atoms with van der Waals surface area (Å²) in [5.74, 6) is 0. The van der Waals surface area contributed by atoms with Gasteiger partial charge in [-0.2, -0.15) is 0 Å². The van der Waals surface area contributed by atoms with Crippen LogP contribution in [0.2, 0.25) is 0 Å². The third-order valence-corrected chi connectivity index (χ3v) is 1.26. The normalized spacial score (nSPS) is 8.08. The molecule has 0 aliphatic carbocycles. The van der Waals surface area contributed by atoms with Gasteiger partial charge in [0.25, 0.3) is 0 Å². The highest BCUT2D eigenvalue weighted by molar-refractivity contribution is 6.16. The second-order valence-electron chi connectivity index (χ2n) is 2.18. The second kappa shape index (κ2) is 5.88. The monoisotopic (exact) mass is 178 g/mol. The Morgan fingerprint density at radius 2 is 2.23 bits per heavy atom. The van der Waals surface area contributed by atoms with Crippen molar-refractivity contribution >= 4 is 25.8 Å². The van der Waals surface area contributed by atoms with Crippen molar-refractivity contribution < 1.29 is 4.79 Å². The van der Waals surface area contributed by atoms with Crippen LogP contribution < -0.4 is 16.7 Å². The maximum atomic E-state index is 8.58. The van der Waals surface area contributed by atoms with Gasteiger partial charge < -0.3 is 16.7 Å². The molecule has 0 bridgehead atoms. The van der Waals surface area contributed by atoms with Gasteiger partial charge in [-0.3, -0.25) is 9.78 Å². The number of hydrogen-bond acceptors (Lipinski definition) is 4. The van der Waals surface area contributed by atoms with E-state index in [1.807, 2.05) is 6.92 Å². The van der Waals surface area contributed by atoms with Crippen LogP contribution in [0.15, 0.2) is 12.3 Å². The quantitative estimate of drug-likeness (QED) is 0.401. The van der Waals surface area contributed by atoms with Gasteiger partial charge in [0.2, 0.25) is 14.4 Å². The summed E-state index contributed by atoms with van der Waals surface area (Å²) in [4.78, 5) is 12.6. The van der Waals surface area contributed by atoms with Crippen molar-refractivity contribution in [2.24, 2.45) is 5.73 Å². The molecule has 0 saturated heterocycles. The van der Waals surface area contributed by atoms with E-state index in [-0.39, 0.29) is 6.41 Å². The van der Waals surface area contributed by atoms with Gasteiger partial charge in [-0.05, 0) is 13.0 Å². The van der Waals surface area contributed by atoms with E-state index >= 15 is 0 Å². The standard InChI is InChI=1S/C6H8BN3.CH3NO/c1-4-6(10-7)2-5(8)3-9-4;2-1-3/h2-3,10H,8H2,1H3;1H,(H2,2,3). The minimum atomic E-state index is 0.250. The van der Waals surface area contributed by atoms with Gasteiger partial charge in [-0.25, -0.2) is 0 Å². The number of hydrogen-bond donors (Lipinski definition) is 3. The van der Waals surface area contributed by atoms with Crippen LogP contribution in [0.1, 0.15) is 5.69 Å². The molecule has 0 aliphatic heterocycles. The van der Waals surface area contributed by atoms with Crippen molar-refractivity contribution in [2.75, 3.05) is 11.0 Å². The third kappa shape index (κ3) is 4.00. The van der Waals surface area contributed by atoms with E-state index in [9.17, 15) is 0 Å². The number of amides is 1. The van der Waals surface area contributed by atoms with Crippen molar-refractivity contribution in [1.82, 2.24) is 4.98 Å². The van der Waals surface area contributed by atoms with Crippen LogP contribution in [0.5, 0.6) is 0 Å². The largest absolute Gasteiger partial charge is 0.436 e. The van der Waals surface area contributed by atoms with Gasteiger partial charge in [0.15, 0.2) is 0 Å². The highest BCUT2D eigenvalue weighted by atomic mass is 16.1. The molecule has 1 amide bonds. The topological polar surface area (TPSA) is 94.0 Å². The van der Waals surface area contributed by atoms with Gasteiger partial charge in [0.1, 0.15) is 0 Å². The van der Waals surface area contributed by atoms with E-state index in [1.54, 1.807) is 12.3 Å². The van der Waals surface area contributed by atoms with Gasteiger partial charge in [-0.1, -0.05) is 0 Å². The fourth-order valence-corrected chi connectivity index (χ4v) is 0.695. The first-order valence-corrected chi connectivity index (χ1v) is 3.49. The molecule has 0 unspecified atom stereocenters. The summed E-state index contributed by atoms with van der Waals surface area (Å²) in [6, 6.07) is 1.74. The lowest BCUT2D eigenvalue weighted by atomic mass is 10.2. The Morgan fingerprint density at radius 3 is 2.62 bits per heavy atom. The molecule has 0 spiro atoms. The molecule has 0 aliphatic rings. The number of pyridine rings is 1. The summed E-state index contributed by atoms with van der Waals surface area (Å²) in [7, 11) is 5.17. The molecule has 1 aromatic rings. The summed E-state index contributed by atoms with van der Waals surface area (Å²) in [5, 5.41) is 2.49. The van der Waals surface area contributed by atoms with E-state index in [1.165, 1.54) is 0 Å². The Hall–Kier alpha value is -1.72. The molecule has 0 fully saturated rings. The van der Waals surface area contributed by atoms with Crippen LogP contribution in [0.4, 0.5) is 11.4 Å². The molecule has 5 nitrogen and oxygen atoms in total. The van der Waals surface area contributed by atoms with E-state index in [0.717, 1.165) is 11.4 Å². The molecule has 1 heterocycles. The number of carbonyl (C=O) groups excluding carboxylic acids is 1. The van der Waals surface area contributed by atoms with Crippen LogP contribution in [0.3, 0.4) is 0 Å². The number of carbonyl (C=O) groups is 1. The maximum absolute atomic E-state index is 8.58. The summed E-state index contributed by atoms with van der Waals surface area (Å²) >= 11 is 0. The highest BCUT2D eigenvalue weighted by Gasteiger charge is 1.94. The number of nitrogens with two attached hydrogens (primary N) is 2. The molecule has 0 atom stereocenters. The lowest BCUT2D eigenvalue weighted by Crippen LogP contribution is -1.97. The zero-order chi connectivity index (χ0) is 10.3. The molecular formula is C7H11BN4O. The number of nitrogens with one attached hydrogen (secondary N) is 1. The predicted octanol–water partition coefficient (Wildman–Crippen LogP) is -0.431. The number of aryl methyl sites for hydroxylation is 1. The number of aromatic nitrogens is 1. The van der Waals surface area contributed by atoms with Crippen LogP contribution in [0, 0.1) is 6.92 Å². The van der Waals surface area contributed by atoms with E-state index in [4.69, 9.17) is 18.5 Å². The average molecular weight is 178 g/mol. The Bertz CT molecular complexity index is 279. The van der Waals surface area contributed by atoms with Gasteiger partial charge in [0.05, 0.1) is 17.6 Å². The molecule has 1 aromatic heterocycles. The zero-order valence-corrected chi connectivity index (χ0v) is 7.32. The van der Waals surface area contributed by atoms with Gasteiger partial charge in [-0.15, -0.1) is 0 Å². The number of nitrogens with zero attached hydrogens (tertiary/aromatic N) is 1. The average Bonchev–Trinajstić information content (AvgIpc) is 2.10. The van der Waals surface area contributed by atoms with E-state index in [0.29, 0.717) is 5.69 Å². The highest BCUT2D eigenvalue weighted by Crippen LogP contribution is 2.13. The third-order valence-electron chi connectivity index (χ3n) is 1.26. The summed E-state index contributed by atoms with van der Waals surface area (Å²) < 4.78 is 0. The lowest BCUT2D eigenvalue weighted by Gasteiger charge is -2.03. The molecule has 0 aromatic carbocycles. The number of rotatable bonds is 1. The van der Waals surface area contributed by atoms with Crippen LogP contribution in [-0.2, 0) is 4.79 Å². The minimum Gasteiger partial charge on any atom is -0.436 e. The molecule has 13 heavy (non-hydrogen) atoms. The number of nitrogen functional groups attached to an aromatic ring is 1. The molecule has 6 heteroatoms. The van der Waals surface area contributed by atoms with Crippen molar-refractivity contribution in [2.45, 2.75) is 6.92 Å². The Kier molecular flexibility index (Phi) is 5.10. The maximum Gasteiger partial charge on any atom is 0.222 e.